The van der Waals surface area contributed by atoms with E-state index in [1.54, 1.807) is 0 Å². The molecule has 1 saturated carbocycles. The molecule has 128 valence electrons. The van der Waals surface area contributed by atoms with E-state index in [1.165, 1.54) is 23.9 Å². The van der Waals surface area contributed by atoms with Crippen molar-refractivity contribution < 1.29 is 4.79 Å². The van der Waals surface area contributed by atoms with Crippen molar-refractivity contribution in [2.75, 3.05) is 18.0 Å². The van der Waals surface area contributed by atoms with Crippen LogP contribution in [0.2, 0.25) is 0 Å². The van der Waals surface area contributed by atoms with Gasteiger partial charge in [-0.05, 0) is 60.6 Å². The van der Waals surface area contributed by atoms with Crippen LogP contribution in [0.15, 0.2) is 12.1 Å². The molecule has 8 nitrogen and oxygen atoms in total. The third-order valence-electron chi connectivity index (χ3n) is 5.30. The van der Waals surface area contributed by atoms with Crippen LogP contribution in [0.25, 0.3) is 5.65 Å². The molecule has 24 heavy (non-hydrogen) atoms. The molecular formula is C16H23N7O. The van der Waals surface area contributed by atoms with Crippen LogP contribution in [-0.4, -0.2) is 50.3 Å². The SMILES string of the molecule is CC1CC(CNC(=O)CC2CCC2)CN1c1ccc2nnnn2n1. The Labute approximate surface area is 140 Å². The van der Waals surface area contributed by atoms with Gasteiger partial charge in [0, 0.05) is 25.6 Å². The van der Waals surface area contributed by atoms with Gasteiger partial charge in [0.1, 0.15) is 0 Å². The standard InChI is InChI=1S/C16H23N7O/c1-11-7-13(9-17-16(24)8-12-3-2-4-12)10-22(11)15-6-5-14-18-20-21-23(14)19-15/h5-6,11-13H,2-4,7-10H2,1H3,(H,17,24). The number of carbonyl (C=O) groups is 1. The van der Waals surface area contributed by atoms with Gasteiger partial charge in [0.05, 0.1) is 0 Å². The van der Waals surface area contributed by atoms with Gasteiger partial charge in [0.2, 0.25) is 5.91 Å². The topological polar surface area (TPSA) is 88.3 Å². The highest BCUT2D eigenvalue weighted by Gasteiger charge is 2.30. The molecule has 1 aliphatic carbocycles. The van der Waals surface area contributed by atoms with Crippen LogP contribution in [0, 0.1) is 11.8 Å². The second kappa shape index (κ2) is 6.33. The van der Waals surface area contributed by atoms with Crippen LogP contribution < -0.4 is 10.2 Å². The van der Waals surface area contributed by atoms with Crippen molar-refractivity contribution >= 4 is 17.4 Å². The number of carbonyl (C=O) groups excluding carboxylic acids is 1. The van der Waals surface area contributed by atoms with Crippen molar-refractivity contribution in [3.05, 3.63) is 12.1 Å². The molecule has 3 heterocycles. The predicted octanol–water partition coefficient (Wildman–Crippen LogP) is 1.04. The van der Waals surface area contributed by atoms with E-state index >= 15 is 0 Å². The number of fused-ring (bicyclic) bond motifs is 1. The number of anilines is 1. The monoisotopic (exact) mass is 329 g/mol. The van der Waals surface area contributed by atoms with Crippen molar-refractivity contribution in [1.82, 2.24) is 30.6 Å². The molecule has 2 aliphatic rings. The minimum atomic E-state index is 0.207. The first kappa shape index (κ1) is 15.3. The molecule has 2 atom stereocenters. The smallest absolute Gasteiger partial charge is 0.220 e. The quantitative estimate of drug-likeness (QED) is 0.882. The Hall–Kier alpha value is -2.25. The number of hydrogen-bond acceptors (Lipinski definition) is 6. The van der Waals surface area contributed by atoms with E-state index < -0.39 is 0 Å². The summed E-state index contributed by atoms with van der Waals surface area (Å²) >= 11 is 0. The lowest BCUT2D eigenvalue weighted by atomic mass is 9.83. The fourth-order valence-electron chi connectivity index (χ4n) is 3.69. The number of amides is 1. The van der Waals surface area contributed by atoms with Crippen molar-refractivity contribution in [2.45, 2.75) is 45.1 Å². The third kappa shape index (κ3) is 3.05. The summed E-state index contributed by atoms with van der Waals surface area (Å²) in [5, 5.41) is 18.9. The maximum Gasteiger partial charge on any atom is 0.220 e. The third-order valence-corrected chi connectivity index (χ3v) is 5.30. The zero-order chi connectivity index (χ0) is 16.5. The zero-order valence-corrected chi connectivity index (χ0v) is 13.9. The van der Waals surface area contributed by atoms with Gasteiger partial charge in [-0.15, -0.1) is 14.8 Å². The van der Waals surface area contributed by atoms with E-state index in [4.69, 9.17) is 0 Å². The molecule has 1 N–H and O–H groups in total. The summed E-state index contributed by atoms with van der Waals surface area (Å²) < 4.78 is 1.45. The lowest BCUT2D eigenvalue weighted by Crippen LogP contribution is -2.33. The molecule has 2 unspecified atom stereocenters. The number of nitrogens with zero attached hydrogens (tertiary/aromatic N) is 6. The number of rotatable bonds is 5. The molecule has 2 fully saturated rings. The molecule has 1 aliphatic heterocycles. The number of hydrogen-bond donors (Lipinski definition) is 1. The van der Waals surface area contributed by atoms with Gasteiger partial charge < -0.3 is 10.2 Å². The minimum Gasteiger partial charge on any atom is -0.356 e. The van der Waals surface area contributed by atoms with E-state index in [1.807, 2.05) is 12.1 Å². The van der Waals surface area contributed by atoms with E-state index in [-0.39, 0.29) is 5.91 Å². The minimum absolute atomic E-state index is 0.207. The highest BCUT2D eigenvalue weighted by Crippen LogP contribution is 2.30. The summed E-state index contributed by atoms with van der Waals surface area (Å²) in [4.78, 5) is 14.3. The summed E-state index contributed by atoms with van der Waals surface area (Å²) in [6.07, 6.45) is 5.47. The van der Waals surface area contributed by atoms with Crippen molar-refractivity contribution in [3.63, 3.8) is 0 Å². The second-order valence-electron chi connectivity index (χ2n) is 7.13. The summed E-state index contributed by atoms with van der Waals surface area (Å²) in [6, 6.07) is 4.22. The molecule has 0 spiro atoms. The van der Waals surface area contributed by atoms with Crippen LogP contribution in [0.4, 0.5) is 5.82 Å². The Morgan fingerprint density at radius 1 is 1.33 bits per heavy atom. The molecule has 2 aromatic heterocycles. The molecule has 2 aromatic rings. The van der Waals surface area contributed by atoms with Gasteiger partial charge in [0.15, 0.2) is 11.5 Å². The van der Waals surface area contributed by atoms with Gasteiger partial charge in [0.25, 0.3) is 0 Å². The van der Waals surface area contributed by atoms with Crippen molar-refractivity contribution in [1.29, 1.82) is 0 Å². The Morgan fingerprint density at radius 3 is 3.00 bits per heavy atom. The largest absolute Gasteiger partial charge is 0.356 e. The first-order valence-electron chi connectivity index (χ1n) is 8.78. The highest BCUT2D eigenvalue weighted by molar-refractivity contribution is 5.76. The van der Waals surface area contributed by atoms with Gasteiger partial charge in [-0.25, -0.2) is 0 Å². The fourth-order valence-corrected chi connectivity index (χ4v) is 3.69. The maximum atomic E-state index is 12.0. The molecule has 1 amide bonds. The van der Waals surface area contributed by atoms with Crippen LogP contribution in [0.1, 0.15) is 39.0 Å². The summed E-state index contributed by atoms with van der Waals surface area (Å²) in [6.45, 7) is 3.84. The zero-order valence-electron chi connectivity index (χ0n) is 13.9. The van der Waals surface area contributed by atoms with Crippen LogP contribution in [0.3, 0.4) is 0 Å². The molecule has 0 aromatic carbocycles. The number of aromatic nitrogens is 5. The second-order valence-corrected chi connectivity index (χ2v) is 7.13. The Bertz CT molecular complexity index is 726. The van der Waals surface area contributed by atoms with Crippen molar-refractivity contribution in [2.24, 2.45) is 11.8 Å². The van der Waals surface area contributed by atoms with Gasteiger partial charge in [-0.2, -0.15) is 0 Å². The normalized spacial score (nSPS) is 24.3. The molecule has 8 heteroatoms. The Morgan fingerprint density at radius 2 is 2.21 bits per heavy atom. The molecular weight excluding hydrogens is 306 g/mol. The Balaban J connectivity index is 1.34. The highest BCUT2D eigenvalue weighted by atomic mass is 16.1. The number of nitrogens with one attached hydrogen (secondary N) is 1. The van der Waals surface area contributed by atoms with Gasteiger partial charge in [-0.1, -0.05) is 6.42 Å². The molecule has 0 bridgehead atoms. The van der Waals surface area contributed by atoms with Crippen LogP contribution in [-0.2, 0) is 4.79 Å². The van der Waals surface area contributed by atoms with Gasteiger partial charge in [-0.3, -0.25) is 4.79 Å². The summed E-state index contributed by atoms with van der Waals surface area (Å²) in [7, 11) is 0. The van der Waals surface area contributed by atoms with Crippen LogP contribution >= 0.6 is 0 Å². The molecule has 0 radical (unpaired) electrons. The summed E-state index contributed by atoms with van der Waals surface area (Å²) in [5.74, 6) is 2.16. The lowest BCUT2D eigenvalue weighted by molar-refractivity contribution is -0.122. The first-order valence-corrected chi connectivity index (χ1v) is 8.78. The summed E-state index contributed by atoms with van der Waals surface area (Å²) in [5.41, 5.74) is 0.644. The number of tetrazole rings is 1. The fraction of sp³-hybridized carbons (Fsp3) is 0.688. The molecule has 1 saturated heterocycles. The van der Waals surface area contributed by atoms with Gasteiger partial charge >= 0.3 is 0 Å². The lowest BCUT2D eigenvalue weighted by Gasteiger charge is -2.24. The van der Waals surface area contributed by atoms with E-state index in [2.05, 4.69) is 37.8 Å². The molecule has 4 rings (SSSR count). The average Bonchev–Trinajstić information content (AvgIpc) is 3.14. The Kier molecular flexibility index (Phi) is 4.03. The first-order chi connectivity index (χ1) is 11.7. The van der Waals surface area contributed by atoms with Crippen LogP contribution in [0.5, 0.6) is 0 Å². The predicted molar refractivity (Wildman–Crippen MR) is 88.5 cm³/mol. The average molecular weight is 329 g/mol. The van der Waals surface area contributed by atoms with E-state index in [0.717, 1.165) is 25.3 Å². The van der Waals surface area contributed by atoms with Crippen molar-refractivity contribution in [3.8, 4) is 0 Å². The van der Waals surface area contributed by atoms with E-state index in [9.17, 15) is 4.79 Å². The van der Waals surface area contributed by atoms with E-state index in [0.29, 0.717) is 29.9 Å². The maximum absolute atomic E-state index is 12.0.